The summed E-state index contributed by atoms with van der Waals surface area (Å²) in [4.78, 5) is 38.9. The lowest BCUT2D eigenvalue weighted by Crippen LogP contribution is -2.57. The van der Waals surface area contributed by atoms with Crippen molar-refractivity contribution in [1.29, 1.82) is 0 Å². The van der Waals surface area contributed by atoms with E-state index >= 15 is 0 Å². The van der Waals surface area contributed by atoms with Crippen molar-refractivity contribution in [1.82, 2.24) is 25.3 Å². The van der Waals surface area contributed by atoms with Gasteiger partial charge in [0.25, 0.3) is 5.91 Å². The second-order valence-electron chi connectivity index (χ2n) is 8.47. The predicted molar refractivity (Wildman–Crippen MR) is 114 cm³/mol. The molecule has 0 unspecified atom stereocenters. The first kappa shape index (κ1) is 25.7. The van der Waals surface area contributed by atoms with Gasteiger partial charge < -0.3 is 29.6 Å². The summed E-state index contributed by atoms with van der Waals surface area (Å²) in [6, 6.07) is -0.601. The van der Waals surface area contributed by atoms with Crippen LogP contribution in [0.1, 0.15) is 40.5 Å². The van der Waals surface area contributed by atoms with Gasteiger partial charge in [0.2, 0.25) is 5.82 Å². The normalized spacial score (nSPS) is 25.1. The van der Waals surface area contributed by atoms with Gasteiger partial charge in [0.1, 0.15) is 24.1 Å². The van der Waals surface area contributed by atoms with Crippen LogP contribution in [-0.4, -0.2) is 82.2 Å². The molecule has 2 saturated heterocycles. The number of hydrogen-bond acceptors (Lipinski definition) is 11. The molecule has 4 heterocycles. The molecule has 0 saturated carbocycles. The van der Waals surface area contributed by atoms with Gasteiger partial charge in [-0.1, -0.05) is 0 Å². The first-order valence-corrected chi connectivity index (χ1v) is 10.8. The number of alkyl halides is 3. The van der Waals surface area contributed by atoms with Crippen molar-refractivity contribution in [2.75, 3.05) is 25.6 Å². The number of halogens is 3. The third-order valence-corrected chi connectivity index (χ3v) is 5.41. The van der Waals surface area contributed by atoms with Gasteiger partial charge in [-0.15, -0.1) is 0 Å². The topological polar surface area (TPSA) is 147 Å². The zero-order valence-electron chi connectivity index (χ0n) is 19.4. The van der Waals surface area contributed by atoms with E-state index in [1.165, 1.54) is 25.7 Å². The van der Waals surface area contributed by atoms with Gasteiger partial charge in [-0.3, -0.25) is 9.78 Å². The molecule has 2 aromatic heterocycles. The quantitative estimate of drug-likeness (QED) is 0.538. The summed E-state index contributed by atoms with van der Waals surface area (Å²) in [6.45, 7) is 3.43. The molecule has 2 aliphatic heterocycles. The summed E-state index contributed by atoms with van der Waals surface area (Å²) >= 11 is 0. The fraction of sp³-hybridized carbons (Fsp3) is 0.524. The smallest absolute Gasteiger partial charge is 0.434 e. The van der Waals surface area contributed by atoms with Crippen molar-refractivity contribution < 1.29 is 41.7 Å². The molecule has 194 valence electrons. The number of rotatable bonds is 6. The Labute approximate surface area is 202 Å². The Bertz CT molecular complexity index is 1120. The molecule has 36 heavy (non-hydrogen) atoms. The minimum Gasteiger partial charge on any atom is -0.465 e. The van der Waals surface area contributed by atoms with E-state index in [2.05, 4.69) is 35.3 Å². The van der Waals surface area contributed by atoms with Crippen LogP contribution in [0.15, 0.2) is 24.8 Å². The van der Waals surface area contributed by atoms with Crippen LogP contribution >= 0.6 is 0 Å². The molecule has 4 rings (SSSR count). The SMILES string of the molecule is COC(=O)c1cnc(C(=O)NC[C@H]2OC[C@H](Nc3cncc(C(F)(F)F)n3)[C@H]3OC(C)(C)O[C@H]32)nc1. The van der Waals surface area contributed by atoms with E-state index in [4.69, 9.17) is 14.2 Å². The third kappa shape index (κ3) is 5.68. The van der Waals surface area contributed by atoms with Gasteiger partial charge in [0, 0.05) is 18.9 Å². The van der Waals surface area contributed by atoms with Gasteiger partial charge in [-0.2, -0.15) is 13.2 Å². The van der Waals surface area contributed by atoms with Crippen molar-refractivity contribution in [3.8, 4) is 0 Å². The maximum absolute atomic E-state index is 13.0. The highest BCUT2D eigenvalue weighted by atomic mass is 19.4. The number of hydrogen-bond donors (Lipinski definition) is 2. The first-order valence-electron chi connectivity index (χ1n) is 10.8. The van der Waals surface area contributed by atoms with Crippen LogP contribution in [0.3, 0.4) is 0 Å². The average Bonchev–Trinajstić information content (AvgIpc) is 3.18. The van der Waals surface area contributed by atoms with Gasteiger partial charge >= 0.3 is 12.1 Å². The second kappa shape index (κ2) is 9.91. The fourth-order valence-corrected chi connectivity index (χ4v) is 3.83. The number of fused-ring (bicyclic) bond motifs is 1. The van der Waals surface area contributed by atoms with E-state index in [1.54, 1.807) is 13.8 Å². The highest BCUT2D eigenvalue weighted by molar-refractivity contribution is 5.92. The molecule has 2 aromatic rings. The number of esters is 1. The molecule has 0 aliphatic carbocycles. The summed E-state index contributed by atoms with van der Waals surface area (Å²) in [6.07, 6.45) is -2.42. The number of anilines is 1. The Balaban J connectivity index is 1.41. The summed E-state index contributed by atoms with van der Waals surface area (Å²) in [5, 5.41) is 5.54. The van der Waals surface area contributed by atoms with Crippen LogP contribution in [0.2, 0.25) is 0 Å². The lowest BCUT2D eigenvalue weighted by Gasteiger charge is -2.37. The van der Waals surface area contributed by atoms with Crippen LogP contribution < -0.4 is 10.6 Å². The minimum atomic E-state index is -4.64. The Morgan fingerprint density at radius 1 is 1.14 bits per heavy atom. The summed E-state index contributed by atoms with van der Waals surface area (Å²) in [5.41, 5.74) is -1.04. The Hall–Kier alpha value is -3.43. The lowest BCUT2D eigenvalue weighted by atomic mass is 9.98. The molecule has 4 atom stereocenters. The zero-order valence-corrected chi connectivity index (χ0v) is 19.4. The maximum Gasteiger partial charge on any atom is 0.434 e. The monoisotopic (exact) mass is 512 g/mol. The molecule has 15 heteroatoms. The van der Waals surface area contributed by atoms with Crippen LogP contribution in [0.5, 0.6) is 0 Å². The molecule has 2 fully saturated rings. The Morgan fingerprint density at radius 2 is 1.83 bits per heavy atom. The number of amides is 1. The van der Waals surface area contributed by atoms with E-state index in [9.17, 15) is 22.8 Å². The number of methoxy groups -OCH3 is 1. The van der Waals surface area contributed by atoms with E-state index in [0.29, 0.717) is 6.20 Å². The summed E-state index contributed by atoms with van der Waals surface area (Å²) in [5.74, 6) is -2.50. The fourth-order valence-electron chi connectivity index (χ4n) is 3.83. The number of nitrogens with one attached hydrogen (secondary N) is 2. The number of aromatic nitrogens is 4. The van der Waals surface area contributed by atoms with Crippen molar-refractivity contribution in [2.45, 2.75) is 50.2 Å². The molecule has 0 spiro atoms. The molecular weight excluding hydrogens is 489 g/mol. The highest BCUT2D eigenvalue weighted by Crippen LogP contribution is 2.36. The van der Waals surface area contributed by atoms with E-state index in [1.807, 2.05) is 0 Å². The van der Waals surface area contributed by atoms with Crippen molar-refractivity contribution in [3.05, 3.63) is 41.9 Å². The molecule has 0 aromatic carbocycles. The van der Waals surface area contributed by atoms with Crippen LogP contribution in [-0.2, 0) is 25.1 Å². The van der Waals surface area contributed by atoms with Crippen molar-refractivity contribution >= 4 is 17.7 Å². The summed E-state index contributed by atoms with van der Waals surface area (Å²) < 4.78 is 61.4. The molecule has 2 aliphatic rings. The van der Waals surface area contributed by atoms with Gasteiger partial charge in [0.05, 0.1) is 37.7 Å². The minimum absolute atomic E-state index is 0.0115. The average molecular weight is 512 g/mol. The van der Waals surface area contributed by atoms with Gasteiger partial charge in [-0.25, -0.2) is 19.7 Å². The van der Waals surface area contributed by atoms with E-state index in [-0.39, 0.29) is 30.4 Å². The number of ether oxygens (including phenoxy) is 4. The number of nitrogens with zero attached hydrogens (tertiary/aromatic N) is 4. The zero-order chi connectivity index (χ0) is 26.1. The maximum atomic E-state index is 13.0. The molecule has 0 bridgehead atoms. The van der Waals surface area contributed by atoms with Crippen LogP contribution in [0.4, 0.5) is 19.0 Å². The standard InChI is InChI=1S/C21H23F3N6O6/c1-20(2)35-15-11(29-14-8-25-7-13(30-14)21(22,23)24)9-34-12(16(15)36-20)6-28-18(31)17-26-4-10(5-27-17)19(32)33-3/h4-5,7-8,11-12,15-16H,6,9H2,1-3H3,(H,28,31)(H,29,30)/t11-,12+,15+,16-/m0/s1. The van der Waals surface area contributed by atoms with Gasteiger partial charge in [-0.05, 0) is 13.8 Å². The van der Waals surface area contributed by atoms with E-state index < -0.39 is 53.9 Å². The Morgan fingerprint density at radius 3 is 2.50 bits per heavy atom. The Kier molecular flexibility index (Phi) is 7.06. The molecule has 0 radical (unpaired) electrons. The molecule has 1 amide bonds. The van der Waals surface area contributed by atoms with Crippen molar-refractivity contribution in [2.24, 2.45) is 0 Å². The van der Waals surface area contributed by atoms with Gasteiger partial charge in [0.15, 0.2) is 11.5 Å². The third-order valence-electron chi connectivity index (χ3n) is 5.41. The predicted octanol–water partition coefficient (Wildman–Crippen LogP) is 1.20. The molecule has 12 nitrogen and oxygen atoms in total. The van der Waals surface area contributed by atoms with Crippen LogP contribution in [0.25, 0.3) is 0 Å². The van der Waals surface area contributed by atoms with Crippen molar-refractivity contribution in [3.63, 3.8) is 0 Å². The molecular formula is C21H23F3N6O6. The lowest BCUT2D eigenvalue weighted by molar-refractivity contribution is -0.153. The number of carbonyl (C=O) groups is 2. The summed E-state index contributed by atoms with van der Waals surface area (Å²) in [7, 11) is 1.21. The van der Waals surface area contributed by atoms with Crippen LogP contribution in [0, 0.1) is 0 Å². The number of carbonyl (C=O) groups excluding carboxylic acids is 2. The highest BCUT2D eigenvalue weighted by Gasteiger charge is 2.52. The molecule has 2 N–H and O–H groups in total. The first-order chi connectivity index (χ1) is 17.0. The van der Waals surface area contributed by atoms with E-state index in [0.717, 1.165) is 0 Å². The largest absolute Gasteiger partial charge is 0.465 e. The second-order valence-corrected chi connectivity index (χ2v) is 8.47.